The van der Waals surface area contributed by atoms with E-state index >= 15 is 0 Å². The van der Waals surface area contributed by atoms with Crippen molar-refractivity contribution in [3.8, 4) is 0 Å². The summed E-state index contributed by atoms with van der Waals surface area (Å²) in [5.41, 5.74) is 0.413. The Bertz CT molecular complexity index is 392. The van der Waals surface area contributed by atoms with Crippen molar-refractivity contribution in [1.82, 2.24) is 0 Å². The monoisotopic (exact) mass is 224 g/mol. The van der Waals surface area contributed by atoms with Crippen LogP contribution in [0.1, 0.15) is 12.8 Å². The van der Waals surface area contributed by atoms with Crippen LogP contribution in [0, 0.1) is 10.1 Å². The smallest absolute Gasteiger partial charge is 0.303 e. The lowest BCUT2D eigenvalue weighted by Gasteiger charge is -2.05. The van der Waals surface area contributed by atoms with E-state index in [0.717, 1.165) is 0 Å². The molecule has 0 heterocycles. The van der Waals surface area contributed by atoms with Crippen LogP contribution < -0.4 is 5.32 Å². The summed E-state index contributed by atoms with van der Waals surface area (Å²) in [5.74, 6) is -0.871. The van der Waals surface area contributed by atoms with Crippen molar-refractivity contribution in [3.05, 3.63) is 34.4 Å². The SMILES string of the molecule is O=C(O)CCCNc1ccccc1[N+](=O)[O-]. The molecule has 0 saturated carbocycles. The number of hydrogen-bond donors (Lipinski definition) is 2. The van der Waals surface area contributed by atoms with Crippen LogP contribution in [0.25, 0.3) is 0 Å². The zero-order valence-corrected chi connectivity index (χ0v) is 8.55. The van der Waals surface area contributed by atoms with E-state index in [1.807, 2.05) is 0 Å². The van der Waals surface area contributed by atoms with Gasteiger partial charge in [0.25, 0.3) is 5.69 Å². The van der Waals surface area contributed by atoms with Crippen molar-refractivity contribution in [3.63, 3.8) is 0 Å². The highest BCUT2D eigenvalue weighted by Gasteiger charge is 2.11. The summed E-state index contributed by atoms with van der Waals surface area (Å²) < 4.78 is 0. The van der Waals surface area contributed by atoms with Gasteiger partial charge in [0.1, 0.15) is 5.69 Å². The molecule has 6 nitrogen and oxygen atoms in total. The molecule has 1 aromatic rings. The maximum Gasteiger partial charge on any atom is 0.303 e. The number of nitro groups is 1. The standard InChI is InChI=1S/C10H12N2O4/c13-10(14)6-3-7-11-8-4-1-2-5-9(8)12(15)16/h1-2,4-5,11H,3,6-7H2,(H,13,14). The molecule has 0 amide bonds. The van der Waals surface area contributed by atoms with Crippen LogP contribution in [0.5, 0.6) is 0 Å². The van der Waals surface area contributed by atoms with Gasteiger partial charge in [-0.2, -0.15) is 0 Å². The van der Waals surface area contributed by atoms with Gasteiger partial charge in [-0.15, -0.1) is 0 Å². The van der Waals surface area contributed by atoms with Crippen LogP contribution in [0.2, 0.25) is 0 Å². The summed E-state index contributed by atoms with van der Waals surface area (Å²) in [7, 11) is 0. The van der Waals surface area contributed by atoms with E-state index in [4.69, 9.17) is 5.11 Å². The molecule has 86 valence electrons. The molecule has 0 radical (unpaired) electrons. The Morgan fingerprint density at radius 3 is 2.75 bits per heavy atom. The fourth-order valence-electron chi connectivity index (χ4n) is 1.25. The fraction of sp³-hybridized carbons (Fsp3) is 0.300. The van der Waals surface area contributed by atoms with E-state index < -0.39 is 10.9 Å². The Balaban J connectivity index is 2.53. The second-order valence-corrected chi connectivity index (χ2v) is 3.20. The summed E-state index contributed by atoms with van der Waals surface area (Å²) in [6, 6.07) is 6.27. The lowest BCUT2D eigenvalue weighted by molar-refractivity contribution is -0.384. The molecule has 0 aliphatic carbocycles. The third-order valence-electron chi connectivity index (χ3n) is 1.98. The first-order chi connectivity index (χ1) is 7.61. The lowest BCUT2D eigenvalue weighted by atomic mass is 10.2. The Labute approximate surface area is 92.0 Å². The third kappa shape index (κ3) is 3.56. The van der Waals surface area contributed by atoms with Gasteiger partial charge in [0.15, 0.2) is 0 Å². The number of nitro benzene ring substituents is 1. The van der Waals surface area contributed by atoms with E-state index in [2.05, 4.69) is 5.32 Å². The number of anilines is 1. The van der Waals surface area contributed by atoms with Gasteiger partial charge in [0.05, 0.1) is 4.92 Å². The summed E-state index contributed by atoms with van der Waals surface area (Å²) in [6.45, 7) is 0.400. The van der Waals surface area contributed by atoms with Crippen LogP contribution in [-0.4, -0.2) is 22.5 Å². The molecule has 6 heteroatoms. The molecular weight excluding hydrogens is 212 g/mol. The van der Waals surface area contributed by atoms with Crippen molar-refractivity contribution in [2.24, 2.45) is 0 Å². The zero-order chi connectivity index (χ0) is 12.0. The number of nitrogens with one attached hydrogen (secondary N) is 1. The molecule has 0 aromatic heterocycles. The molecule has 0 saturated heterocycles. The average Bonchev–Trinajstić information content (AvgIpc) is 2.24. The molecule has 2 N–H and O–H groups in total. The first-order valence-electron chi connectivity index (χ1n) is 4.80. The molecule has 0 unspecified atom stereocenters. The van der Waals surface area contributed by atoms with Gasteiger partial charge in [-0.05, 0) is 12.5 Å². The minimum absolute atomic E-state index is 0.00201. The first kappa shape index (κ1) is 12.0. The molecule has 0 fully saturated rings. The minimum Gasteiger partial charge on any atom is -0.481 e. The van der Waals surface area contributed by atoms with Gasteiger partial charge >= 0.3 is 5.97 Å². The fourth-order valence-corrected chi connectivity index (χ4v) is 1.25. The summed E-state index contributed by atoms with van der Waals surface area (Å²) >= 11 is 0. The van der Waals surface area contributed by atoms with Crippen LogP contribution in [0.15, 0.2) is 24.3 Å². The van der Waals surface area contributed by atoms with Gasteiger partial charge in [0, 0.05) is 19.0 Å². The van der Waals surface area contributed by atoms with E-state index in [-0.39, 0.29) is 12.1 Å². The third-order valence-corrected chi connectivity index (χ3v) is 1.98. The Morgan fingerprint density at radius 2 is 2.12 bits per heavy atom. The predicted molar refractivity (Wildman–Crippen MR) is 58.5 cm³/mol. The number of para-hydroxylation sites is 2. The molecule has 1 rings (SSSR count). The Hall–Kier alpha value is -2.11. The highest BCUT2D eigenvalue weighted by molar-refractivity contribution is 5.66. The number of rotatable bonds is 6. The molecule has 0 aliphatic rings. The second kappa shape index (κ2) is 5.69. The predicted octanol–water partition coefficient (Wildman–Crippen LogP) is 1.87. The molecular formula is C10H12N2O4. The number of carboxylic acids is 1. The number of aliphatic carboxylic acids is 1. The summed E-state index contributed by atoms with van der Waals surface area (Å²) in [5, 5.41) is 21.9. The zero-order valence-electron chi connectivity index (χ0n) is 8.55. The highest BCUT2D eigenvalue weighted by Crippen LogP contribution is 2.22. The quantitative estimate of drug-likeness (QED) is 0.437. The van der Waals surface area contributed by atoms with E-state index in [1.54, 1.807) is 18.2 Å². The van der Waals surface area contributed by atoms with Gasteiger partial charge in [-0.25, -0.2) is 0 Å². The van der Waals surface area contributed by atoms with E-state index in [9.17, 15) is 14.9 Å². The Kier molecular flexibility index (Phi) is 4.26. The summed E-state index contributed by atoms with van der Waals surface area (Å²) in [4.78, 5) is 20.4. The van der Waals surface area contributed by atoms with Crippen LogP contribution in [-0.2, 0) is 4.79 Å². The van der Waals surface area contributed by atoms with Crippen molar-refractivity contribution in [2.45, 2.75) is 12.8 Å². The van der Waals surface area contributed by atoms with Crippen molar-refractivity contribution >= 4 is 17.3 Å². The van der Waals surface area contributed by atoms with Crippen molar-refractivity contribution < 1.29 is 14.8 Å². The molecule has 0 aliphatic heterocycles. The topological polar surface area (TPSA) is 92.5 Å². The van der Waals surface area contributed by atoms with Gasteiger partial charge in [0.2, 0.25) is 0 Å². The maximum absolute atomic E-state index is 10.6. The largest absolute Gasteiger partial charge is 0.481 e. The number of carboxylic acid groups (broad SMARTS) is 1. The lowest BCUT2D eigenvalue weighted by Crippen LogP contribution is -2.06. The molecule has 16 heavy (non-hydrogen) atoms. The van der Waals surface area contributed by atoms with Crippen LogP contribution >= 0.6 is 0 Å². The molecule has 1 aromatic carbocycles. The van der Waals surface area contributed by atoms with Gasteiger partial charge in [-0.3, -0.25) is 14.9 Å². The van der Waals surface area contributed by atoms with Crippen LogP contribution in [0.4, 0.5) is 11.4 Å². The van der Waals surface area contributed by atoms with Gasteiger partial charge in [-0.1, -0.05) is 12.1 Å². The highest BCUT2D eigenvalue weighted by atomic mass is 16.6. The minimum atomic E-state index is -0.871. The number of carbonyl (C=O) groups is 1. The number of benzene rings is 1. The normalized spacial score (nSPS) is 9.75. The molecule has 0 spiro atoms. The number of nitrogens with zero attached hydrogens (tertiary/aromatic N) is 1. The molecule has 0 atom stereocenters. The Morgan fingerprint density at radius 1 is 1.44 bits per heavy atom. The molecule has 0 bridgehead atoms. The van der Waals surface area contributed by atoms with Crippen molar-refractivity contribution in [2.75, 3.05) is 11.9 Å². The summed E-state index contributed by atoms with van der Waals surface area (Å²) in [6.07, 6.45) is 0.481. The van der Waals surface area contributed by atoms with Crippen molar-refractivity contribution in [1.29, 1.82) is 0 Å². The van der Waals surface area contributed by atoms with E-state index in [1.165, 1.54) is 6.07 Å². The maximum atomic E-state index is 10.6. The van der Waals surface area contributed by atoms with E-state index in [0.29, 0.717) is 18.7 Å². The second-order valence-electron chi connectivity index (χ2n) is 3.20. The number of hydrogen-bond acceptors (Lipinski definition) is 4. The van der Waals surface area contributed by atoms with Gasteiger partial charge < -0.3 is 10.4 Å². The first-order valence-corrected chi connectivity index (χ1v) is 4.80. The average molecular weight is 224 g/mol. The van der Waals surface area contributed by atoms with Crippen LogP contribution in [0.3, 0.4) is 0 Å².